The summed E-state index contributed by atoms with van der Waals surface area (Å²) < 4.78 is 28.3. The molecule has 1 aromatic rings. The molecule has 1 aliphatic rings. The number of hydrogen-bond acceptors (Lipinski definition) is 5. The molecule has 1 heterocycles. The normalized spacial score (nSPS) is 20.1. The number of rotatable bonds is 4. The maximum Gasteiger partial charge on any atom is 0.243 e. The van der Waals surface area contributed by atoms with Crippen molar-refractivity contribution in [3.05, 3.63) is 24.3 Å². The van der Waals surface area contributed by atoms with Crippen molar-refractivity contribution < 1.29 is 17.9 Å². The first-order valence-corrected chi connectivity index (χ1v) is 8.12. The molecule has 2 rings (SSSR count). The number of primary amides is 1. The van der Waals surface area contributed by atoms with Gasteiger partial charge < -0.3 is 15.8 Å². The van der Waals surface area contributed by atoms with E-state index in [4.69, 9.17) is 10.5 Å². The molecule has 1 aromatic carbocycles. The van der Waals surface area contributed by atoms with Gasteiger partial charge in [0.15, 0.2) is 9.84 Å². The molecule has 0 aromatic heterocycles. The predicted octanol–water partition coefficient (Wildman–Crippen LogP) is 0.540. The number of para-hydroxylation sites is 2. The molecule has 1 amide bonds. The summed E-state index contributed by atoms with van der Waals surface area (Å²) in [4.78, 5) is 11.8. The summed E-state index contributed by atoms with van der Waals surface area (Å²) in [6.45, 7) is 0. The van der Waals surface area contributed by atoms with Crippen LogP contribution in [-0.2, 0) is 14.6 Å². The highest BCUT2D eigenvalue weighted by atomic mass is 32.2. The van der Waals surface area contributed by atoms with Gasteiger partial charge in [-0.2, -0.15) is 0 Å². The third-order valence-corrected chi connectivity index (χ3v) is 5.28. The Morgan fingerprint density at radius 2 is 1.90 bits per heavy atom. The van der Waals surface area contributed by atoms with Crippen LogP contribution >= 0.6 is 0 Å². The first-order valence-electron chi connectivity index (χ1n) is 6.30. The number of carbonyl (C=O) groups is 1. The van der Waals surface area contributed by atoms with Gasteiger partial charge in [-0.25, -0.2) is 8.42 Å². The van der Waals surface area contributed by atoms with Gasteiger partial charge in [0.25, 0.3) is 0 Å². The molecule has 1 saturated heterocycles. The molecule has 0 bridgehead atoms. The molecule has 3 N–H and O–H groups in total. The average Bonchev–Trinajstić information content (AvgIpc) is 2.42. The topological polar surface area (TPSA) is 98.5 Å². The molecule has 6 nitrogen and oxygen atoms in total. The van der Waals surface area contributed by atoms with Crippen molar-refractivity contribution in [3.8, 4) is 5.75 Å². The Bertz CT molecular complexity index is 599. The van der Waals surface area contributed by atoms with Gasteiger partial charge in [-0.15, -0.1) is 0 Å². The minimum Gasteiger partial charge on any atom is -0.495 e. The molecule has 1 aliphatic heterocycles. The van der Waals surface area contributed by atoms with Crippen LogP contribution in [0.3, 0.4) is 0 Å². The molecule has 0 radical (unpaired) electrons. The van der Waals surface area contributed by atoms with Crippen LogP contribution < -0.4 is 15.8 Å². The van der Waals surface area contributed by atoms with Crippen LogP contribution in [0.5, 0.6) is 5.75 Å². The van der Waals surface area contributed by atoms with Crippen LogP contribution in [0.4, 0.5) is 5.69 Å². The molecular weight excluding hydrogens is 280 g/mol. The zero-order valence-electron chi connectivity index (χ0n) is 11.3. The standard InChI is InChI=1S/C13H18N2O4S/c1-19-11-5-3-2-4-10(11)15-13(12(14)16)6-8-20(17,18)9-7-13/h2-5,15H,6-9H2,1H3,(H2,14,16). The number of benzene rings is 1. The van der Waals surface area contributed by atoms with Crippen LogP contribution in [0.25, 0.3) is 0 Å². The van der Waals surface area contributed by atoms with E-state index < -0.39 is 21.3 Å². The molecule has 0 spiro atoms. The van der Waals surface area contributed by atoms with Crippen LogP contribution in [0, 0.1) is 0 Å². The van der Waals surface area contributed by atoms with Gasteiger partial charge in [0.2, 0.25) is 5.91 Å². The van der Waals surface area contributed by atoms with E-state index in [2.05, 4.69) is 5.32 Å². The average molecular weight is 298 g/mol. The van der Waals surface area contributed by atoms with Crippen LogP contribution in [0.15, 0.2) is 24.3 Å². The number of ether oxygens (including phenoxy) is 1. The lowest BCUT2D eigenvalue weighted by Crippen LogP contribution is -2.55. The molecule has 110 valence electrons. The van der Waals surface area contributed by atoms with E-state index in [1.54, 1.807) is 18.2 Å². The molecule has 0 unspecified atom stereocenters. The predicted molar refractivity (Wildman–Crippen MR) is 76.4 cm³/mol. The molecule has 20 heavy (non-hydrogen) atoms. The summed E-state index contributed by atoms with van der Waals surface area (Å²) in [5, 5.41) is 3.09. The largest absolute Gasteiger partial charge is 0.495 e. The van der Waals surface area contributed by atoms with E-state index >= 15 is 0 Å². The van der Waals surface area contributed by atoms with E-state index in [9.17, 15) is 13.2 Å². The first kappa shape index (κ1) is 14.6. The van der Waals surface area contributed by atoms with Crippen molar-refractivity contribution in [1.82, 2.24) is 0 Å². The number of nitrogens with one attached hydrogen (secondary N) is 1. The van der Waals surface area contributed by atoms with Gasteiger partial charge >= 0.3 is 0 Å². The van der Waals surface area contributed by atoms with Gasteiger partial charge in [-0.05, 0) is 25.0 Å². The Morgan fingerprint density at radius 1 is 1.30 bits per heavy atom. The van der Waals surface area contributed by atoms with E-state index in [0.717, 1.165) is 0 Å². The third kappa shape index (κ3) is 2.87. The summed E-state index contributed by atoms with van der Waals surface area (Å²) in [6, 6.07) is 7.15. The number of methoxy groups -OCH3 is 1. The van der Waals surface area contributed by atoms with E-state index in [0.29, 0.717) is 11.4 Å². The zero-order chi connectivity index (χ0) is 14.8. The first-order chi connectivity index (χ1) is 9.38. The van der Waals surface area contributed by atoms with Gasteiger partial charge in [-0.1, -0.05) is 12.1 Å². The van der Waals surface area contributed by atoms with Crippen molar-refractivity contribution in [2.75, 3.05) is 23.9 Å². The molecule has 0 atom stereocenters. The molecule has 7 heteroatoms. The second kappa shape index (κ2) is 5.32. The number of anilines is 1. The van der Waals surface area contributed by atoms with Crippen molar-refractivity contribution in [1.29, 1.82) is 0 Å². The number of amides is 1. The van der Waals surface area contributed by atoms with Gasteiger partial charge in [0.1, 0.15) is 11.3 Å². The summed E-state index contributed by atoms with van der Waals surface area (Å²) >= 11 is 0. The minimum absolute atomic E-state index is 0.0436. The molecule has 0 aliphatic carbocycles. The summed E-state index contributed by atoms with van der Waals surface area (Å²) in [5.74, 6) is -0.0456. The molecule has 1 fully saturated rings. The van der Waals surface area contributed by atoms with Crippen molar-refractivity contribution in [3.63, 3.8) is 0 Å². The van der Waals surface area contributed by atoms with Gasteiger partial charge in [0.05, 0.1) is 24.3 Å². The second-order valence-corrected chi connectivity index (χ2v) is 7.23. The van der Waals surface area contributed by atoms with Crippen molar-refractivity contribution in [2.24, 2.45) is 5.73 Å². The summed E-state index contributed by atoms with van der Waals surface area (Å²) in [7, 11) is -1.54. The Balaban J connectivity index is 2.29. The van der Waals surface area contributed by atoms with Gasteiger partial charge in [0, 0.05) is 0 Å². The molecular formula is C13H18N2O4S. The van der Waals surface area contributed by atoms with Crippen LogP contribution in [0.1, 0.15) is 12.8 Å². The lowest BCUT2D eigenvalue weighted by molar-refractivity contribution is -0.122. The van der Waals surface area contributed by atoms with Gasteiger partial charge in [-0.3, -0.25) is 4.79 Å². The fourth-order valence-corrected chi connectivity index (χ4v) is 3.85. The lowest BCUT2D eigenvalue weighted by atomic mass is 9.91. The SMILES string of the molecule is COc1ccccc1NC1(C(N)=O)CCS(=O)(=O)CC1. The maximum absolute atomic E-state index is 11.8. The summed E-state index contributed by atoms with van der Waals surface area (Å²) in [6.07, 6.45) is 0.339. The monoisotopic (exact) mass is 298 g/mol. The maximum atomic E-state index is 11.8. The van der Waals surface area contributed by atoms with Crippen LogP contribution in [0.2, 0.25) is 0 Å². The fraction of sp³-hybridized carbons (Fsp3) is 0.462. The Labute approximate surface area is 118 Å². The van der Waals surface area contributed by atoms with E-state index in [-0.39, 0.29) is 24.3 Å². The highest BCUT2D eigenvalue weighted by molar-refractivity contribution is 7.91. The second-order valence-electron chi connectivity index (χ2n) is 4.92. The Kier molecular flexibility index (Phi) is 3.89. The van der Waals surface area contributed by atoms with Crippen molar-refractivity contribution >= 4 is 21.4 Å². The fourth-order valence-electron chi connectivity index (χ4n) is 2.33. The lowest BCUT2D eigenvalue weighted by Gasteiger charge is -2.36. The Hall–Kier alpha value is -1.76. The van der Waals surface area contributed by atoms with Crippen molar-refractivity contribution in [2.45, 2.75) is 18.4 Å². The van der Waals surface area contributed by atoms with E-state index in [1.807, 2.05) is 6.07 Å². The quantitative estimate of drug-likeness (QED) is 0.845. The number of sulfone groups is 1. The minimum atomic E-state index is -3.07. The highest BCUT2D eigenvalue weighted by Gasteiger charge is 2.42. The number of carbonyl (C=O) groups excluding carboxylic acids is 1. The highest BCUT2D eigenvalue weighted by Crippen LogP contribution is 2.32. The van der Waals surface area contributed by atoms with E-state index in [1.165, 1.54) is 7.11 Å². The number of hydrogen-bond donors (Lipinski definition) is 2. The number of nitrogens with two attached hydrogens (primary N) is 1. The smallest absolute Gasteiger partial charge is 0.243 e. The van der Waals surface area contributed by atoms with Crippen LogP contribution in [-0.4, -0.2) is 38.5 Å². The third-order valence-electron chi connectivity index (χ3n) is 3.63. The Morgan fingerprint density at radius 3 is 2.45 bits per heavy atom. The molecule has 0 saturated carbocycles. The summed E-state index contributed by atoms with van der Waals surface area (Å²) in [5.41, 5.74) is 5.08. The zero-order valence-corrected chi connectivity index (χ0v) is 12.1.